The molecule has 1 aliphatic rings. The van der Waals surface area contributed by atoms with Crippen molar-refractivity contribution in [3.8, 4) is 0 Å². The molecule has 0 amide bonds. The zero-order chi connectivity index (χ0) is 35.1. The van der Waals surface area contributed by atoms with Crippen LogP contribution in [-0.2, 0) is 34.3 Å². The van der Waals surface area contributed by atoms with Gasteiger partial charge in [0.25, 0.3) is 0 Å². The molecule has 0 aliphatic carbocycles. The Labute approximate surface area is 261 Å². The van der Waals surface area contributed by atoms with Crippen LogP contribution in [0.15, 0.2) is 30.3 Å². The van der Waals surface area contributed by atoms with E-state index in [1.54, 1.807) is 0 Å². The number of benzene rings is 1. The van der Waals surface area contributed by atoms with Crippen molar-refractivity contribution in [1.29, 1.82) is 0 Å². The molecule has 0 bridgehead atoms. The minimum Gasteiger partial charge on any atom is -0.479 e. The Kier molecular flexibility index (Phi) is 18.1. The summed E-state index contributed by atoms with van der Waals surface area (Å²) in [7, 11) is 4.24. The second-order valence-electron chi connectivity index (χ2n) is 10.8. The van der Waals surface area contributed by atoms with Gasteiger partial charge in [-0.15, -0.1) is 0 Å². The zero-order valence-electron chi connectivity index (χ0n) is 26.0. The number of carbonyl (C=O) groups is 5. The third kappa shape index (κ3) is 13.5. The number of rotatable bonds is 13. The van der Waals surface area contributed by atoms with Gasteiger partial charge < -0.3 is 55.4 Å². The number of carboxylic acids is 4. The van der Waals surface area contributed by atoms with Crippen molar-refractivity contribution < 1.29 is 69.6 Å². The van der Waals surface area contributed by atoms with Gasteiger partial charge in [-0.2, -0.15) is 0 Å². The summed E-state index contributed by atoms with van der Waals surface area (Å²) in [6, 6.07) is 10.7. The summed E-state index contributed by atoms with van der Waals surface area (Å²) >= 11 is 0. The molecule has 45 heavy (non-hydrogen) atoms. The molecule has 2 rings (SSSR count). The van der Waals surface area contributed by atoms with Crippen LogP contribution in [0.25, 0.3) is 0 Å². The Morgan fingerprint density at radius 3 is 1.62 bits per heavy atom. The van der Waals surface area contributed by atoms with Crippen LogP contribution in [0.2, 0.25) is 0 Å². The highest BCUT2D eigenvalue weighted by atomic mass is 16.6. The van der Waals surface area contributed by atoms with Crippen LogP contribution in [0, 0.1) is 5.92 Å². The van der Waals surface area contributed by atoms with E-state index in [0.717, 1.165) is 38.0 Å². The first-order valence-corrected chi connectivity index (χ1v) is 14.1. The smallest absolute Gasteiger partial charge is 0.335 e. The molecular weight excluding hydrogens is 600 g/mol. The number of hydrogen-bond donors (Lipinski definition) is 8. The van der Waals surface area contributed by atoms with Crippen LogP contribution in [0.3, 0.4) is 0 Å². The van der Waals surface area contributed by atoms with E-state index in [4.69, 9.17) is 45.6 Å². The molecule has 0 saturated carbocycles. The van der Waals surface area contributed by atoms with Gasteiger partial charge in [0.2, 0.25) is 0 Å². The monoisotopic (exact) mass is 646 g/mol. The van der Waals surface area contributed by atoms with Crippen molar-refractivity contribution in [3.63, 3.8) is 0 Å². The molecule has 16 heteroatoms. The molecule has 16 nitrogen and oxygen atoms in total. The summed E-state index contributed by atoms with van der Waals surface area (Å²) in [4.78, 5) is 56.1. The number of ether oxygens (including phenoxy) is 1. The summed E-state index contributed by atoms with van der Waals surface area (Å²) in [5.41, 5.74) is 0.621. The zero-order valence-corrected chi connectivity index (χ0v) is 26.0. The van der Waals surface area contributed by atoms with E-state index in [0.29, 0.717) is 12.5 Å². The lowest BCUT2D eigenvalue weighted by atomic mass is 9.74. The van der Waals surface area contributed by atoms with Crippen LogP contribution in [0.5, 0.6) is 0 Å². The van der Waals surface area contributed by atoms with Crippen LogP contribution < -0.4 is 0 Å². The molecule has 1 fully saturated rings. The summed E-state index contributed by atoms with van der Waals surface area (Å²) in [6.07, 6.45) is -6.63. The first-order chi connectivity index (χ1) is 20.8. The Morgan fingerprint density at radius 2 is 1.27 bits per heavy atom. The van der Waals surface area contributed by atoms with Crippen LogP contribution in [0.1, 0.15) is 45.6 Å². The summed E-state index contributed by atoms with van der Waals surface area (Å²) in [5, 5.41) is 65.1. The molecule has 7 atom stereocenters. The lowest BCUT2D eigenvalue weighted by Gasteiger charge is -2.49. The number of hydrogen-bond acceptors (Lipinski definition) is 12. The van der Waals surface area contributed by atoms with Gasteiger partial charge in [0.05, 0.1) is 0 Å². The van der Waals surface area contributed by atoms with Crippen LogP contribution >= 0.6 is 0 Å². The predicted molar refractivity (Wildman–Crippen MR) is 157 cm³/mol. The Hall–Kier alpha value is -3.67. The molecule has 1 saturated heterocycles. The van der Waals surface area contributed by atoms with Crippen molar-refractivity contribution in [3.05, 3.63) is 35.9 Å². The van der Waals surface area contributed by atoms with Gasteiger partial charge in [-0.05, 0) is 46.1 Å². The van der Waals surface area contributed by atoms with Gasteiger partial charge in [-0.3, -0.25) is 4.79 Å². The maximum atomic E-state index is 12.2. The normalized spacial score (nSPS) is 22.3. The highest BCUT2D eigenvalue weighted by Crippen LogP contribution is 2.43. The molecule has 256 valence electrons. The van der Waals surface area contributed by atoms with E-state index in [1.165, 1.54) is 0 Å². The standard InChI is InChI=1S/C21H34N2O2.2C4H6O6/c1-6-20(24)25-21(19-11-8-7-9-12-19)15-18(3)23(16-17(21)2)14-10-13-22(4)5;2*5-1(3(7)8)2(6)4(9)10/h7-9,11-12,17-18H,6,10,13-16H2,1-5H3;2*1-2,5-6H,(H,7,8)(H,9,10)/t;2*1-,2-/m.00/s1. The average molecular weight is 647 g/mol. The number of nitrogens with zero attached hydrogens (tertiary/aromatic N) is 2. The molecule has 8 N–H and O–H groups in total. The van der Waals surface area contributed by atoms with E-state index in [9.17, 15) is 24.0 Å². The second-order valence-corrected chi connectivity index (χ2v) is 10.8. The van der Waals surface area contributed by atoms with E-state index in [-0.39, 0.29) is 11.9 Å². The predicted octanol–water partition coefficient (Wildman–Crippen LogP) is -0.728. The van der Waals surface area contributed by atoms with Crippen molar-refractivity contribution in [1.82, 2.24) is 9.80 Å². The van der Waals surface area contributed by atoms with E-state index in [1.807, 2.05) is 25.1 Å². The molecule has 0 radical (unpaired) electrons. The van der Waals surface area contributed by atoms with Crippen LogP contribution in [-0.4, -0.2) is 145 Å². The Balaban J connectivity index is 0.000000798. The fourth-order valence-electron chi connectivity index (χ4n) is 4.49. The van der Waals surface area contributed by atoms with Crippen molar-refractivity contribution in [2.45, 2.75) is 76.1 Å². The highest BCUT2D eigenvalue weighted by molar-refractivity contribution is 5.83. The Morgan fingerprint density at radius 1 is 0.844 bits per heavy atom. The SMILES string of the molecule is CCC(=O)OC1(c2ccccc2)CC(C)N(CCCN(C)C)CC1C.O=C(O)[C@@H](O)[C@H](O)C(=O)O.O=C(O)[C@@H](O)[C@H](O)C(=O)O. The Bertz CT molecular complexity index is 1030. The maximum Gasteiger partial charge on any atom is 0.335 e. The molecule has 1 aromatic carbocycles. The molecule has 3 unspecified atom stereocenters. The number of carbonyl (C=O) groups excluding carboxylic acids is 1. The van der Waals surface area contributed by atoms with Gasteiger partial charge in [0.1, 0.15) is 5.60 Å². The first kappa shape index (κ1) is 41.3. The topological polar surface area (TPSA) is 263 Å². The molecule has 0 aromatic heterocycles. The van der Waals surface area contributed by atoms with E-state index >= 15 is 0 Å². The number of piperidine rings is 1. The third-order valence-corrected chi connectivity index (χ3v) is 7.03. The van der Waals surface area contributed by atoms with Crippen molar-refractivity contribution in [2.24, 2.45) is 5.92 Å². The third-order valence-electron chi connectivity index (χ3n) is 7.03. The van der Waals surface area contributed by atoms with Gasteiger partial charge in [0, 0.05) is 31.3 Å². The molecule has 1 aliphatic heterocycles. The number of carboxylic acid groups (broad SMARTS) is 4. The summed E-state index contributed by atoms with van der Waals surface area (Å²) in [5.74, 6) is -6.92. The summed E-state index contributed by atoms with van der Waals surface area (Å²) < 4.78 is 6.11. The molecule has 1 aromatic rings. The van der Waals surface area contributed by atoms with Crippen molar-refractivity contribution in [2.75, 3.05) is 33.7 Å². The maximum absolute atomic E-state index is 12.2. The average Bonchev–Trinajstić information content (AvgIpc) is 2.98. The van der Waals surface area contributed by atoms with Gasteiger partial charge in [0.15, 0.2) is 24.4 Å². The second kappa shape index (κ2) is 19.7. The minimum atomic E-state index is -2.27. The number of aliphatic carboxylic acids is 4. The minimum absolute atomic E-state index is 0.107. The van der Waals surface area contributed by atoms with E-state index < -0.39 is 53.9 Å². The highest BCUT2D eigenvalue weighted by Gasteiger charge is 2.47. The molecule has 1 heterocycles. The van der Waals surface area contributed by atoms with Gasteiger partial charge in [-0.25, -0.2) is 19.2 Å². The molecular formula is C29H46N2O14. The number of aliphatic hydroxyl groups is 4. The largest absolute Gasteiger partial charge is 0.479 e. The quantitative estimate of drug-likeness (QED) is 0.123. The summed E-state index contributed by atoms with van der Waals surface area (Å²) in [6.45, 7) is 9.51. The van der Waals surface area contributed by atoms with Gasteiger partial charge >= 0.3 is 29.8 Å². The number of likely N-dealkylation sites (tertiary alicyclic amines) is 1. The van der Waals surface area contributed by atoms with E-state index in [2.05, 4.69) is 49.9 Å². The number of aliphatic hydroxyl groups excluding tert-OH is 4. The van der Waals surface area contributed by atoms with Gasteiger partial charge in [-0.1, -0.05) is 44.2 Å². The molecule has 0 spiro atoms. The van der Waals surface area contributed by atoms with Crippen molar-refractivity contribution >= 4 is 29.8 Å². The first-order valence-electron chi connectivity index (χ1n) is 14.1. The lowest BCUT2D eigenvalue weighted by Crippen LogP contribution is -2.55. The fraction of sp³-hybridized carbons (Fsp3) is 0.621. The fourth-order valence-corrected chi connectivity index (χ4v) is 4.49. The number of esters is 1. The van der Waals surface area contributed by atoms with Crippen LogP contribution in [0.4, 0.5) is 0 Å². The lowest BCUT2D eigenvalue weighted by molar-refractivity contribution is -0.178.